The Hall–Kier alpha value is -0.860. The van der Waals surface area contributed by atoms with Crippen LogP contribution in [-0.2, 0) is 12.8 Å². The Kier molecular flexibility index (Phi) is 2.57. The number of benzene rings is 1. The SMILES string of the molecule is CC1=Nc2c(Cl)cc(CCN)cc2C1. The van der Waals surface area contributed by atoms with Gasteiger partial charge >= 0.3 is 0 Å². The average molecular weight is 209 g/mol. The topological polar surface area (TPSA) is 38.4 Å². The second-order valence-electron chi connectivity index (χ2n) is 3.65. The normalized spacial score (nSPS) is 14.1. The van der Waals surface area contributed by atoms with Crippen molar-refractivity contribution in [3.63, 3.8) is 0 Å². The van der Waals surface area contributed by atoms with Crippen LogP contribution in [0.25, 0.3) is 0 Å². The van der Waals surface area contributed by atoms with Crippen molar-refractivity contribution in [2.24, 2.45) is 10.7 Å². The van der Waals surface area contributed by atoms with E-state index in [0.717, 1.165) is 29.3 Å². The molecule has 14 heavy (non-hydrogen) atoms. The van der Waals surface area contributed by atoms with Crippen LogP contribution in [0.3, 0.4) is 0 Å². The summed E-state index contributed by atoms with van der Waals surface area (Å²) in [4.78, 5) is 4.41. The molecule has 0 unspecified atom stereocenters. The summed E-state index contributed by atoms with van der Waals surface area (Å²) in [6.07, 6.45) is 1.81. The van der Waals surface area contributed by atoms with E-state index >= 15 is 0 Å². The molecule has 0 radical (unpaired) electrons. The summed E-state index contributed by atoms with van der Waals surface area (Å²) in [7, 11) is 0. The molecule has 1 heterocycles. The van der Waals surface area contributed by atoms with Crippen molar-refractivity contribution in [2.45, 2.75) is 19.8 Å². The molecule has 1 aromatic carbocycles. The molecular weight excluding hydrogens is 196 g/mol. The molecule has 3 heteroatoms. The molecular formula is C11H13ClN2. The maximum Gasteiger partial charge on any atom is 0.0851 e. The quantitative estimate of drug-likeness (QED) is 0.797. The van der Waals surface area contributed by atoms with Crippen molar-refractivity contribution < 1.29 is 0 Å². The zero-order valence-electron chi connectivity index (χ0n) is 8.18. The zero-order valence-corrected chi connectivity index (χ0v) is 8.93. The minimum absolute atomic E-state index is 0.662. The summed E-state index contributed by atoms with van der Waals surface area (Å²) in [5.74, 6) is 0. The second-order valence-corrected chi connectivity index (χ2v) is 4.06. The lowest BCUT2D eigenvalue weighted by Gasteiger charge is -2.04. The van der Waals surface area contributed by atoms with Crippen LogP contribution in [0.1, 0.15) is 18.1 Å². The lowest BCUT2D eigenvalue weighted by Crippen LogP contribution is -2.03. The Morgan fingerprint density at radius 2 is 2.29 bits per heavy atom. The Morgan fingerprint density at radius 3 is 3.00 bits per heavy atom. The third kappa shape index (κ3) is 1.68. The molecule has 0 saturated heterocycles. The summed E-state index contributed by atoms with van der Waals surface area (Å²) in [6, 6.07) is 4.13. The second kappa shape index (κ2) is 3.71. The van der Waals surface area contributed by atoms with Crippen molar-refractivity contribution in [3.05, 3.63) is 28.3 Å². The third-order valence-electron chi connectivity index (χ3n) is 2.38. The fourth-order valence-electron chi connectivity index (χ4n) is 1.80. The third-order valence-corrected chi connectivity index (χ3v) is 2.67. The lowest BCUT2D eigenvalue weighted by atomic mass is 10.0. The Bertz CT molecular complexity index is 397. The van der Waals surface area contributed by atoms with E-state index in [0.29, 0.717) is 6.54 Å². The summed E-state index contributed by atoms with van der Waals surface area (Å²) >= 11 is 6.13. The Labute approximate surface area is 88.8 Å². The molecule has 1 aromatic rings. The van der Waals surface area contributed by atoms with E-state index in [4.69, 9.17) is 17.3 Å². The van der Waals surface area contributed by atoms with Crippen LogP contribution in [0.5, 0.6) is 0 Å². The molecule has 0 aliphatic carbocycles. The van der Waals surface area contributed by atoms with Gasteiger partial charge < -0.3 is 5.73 Å². The van der Waals surface area contributed by atoms with Gasteiger partial charge in [0.05, 0.1) is 10.7 Å². The van der Waals surface area contributed by atoms with Gasteiger partial charge in [-0.1, -0.05) is 17.7 Å². The molecule has 2 nitrogen and oxygen atoms in total. The van der Waals surface area contributed by atoms with E-state index in [-0.39, 0.29) is 0 Å². The summed E-state index contributed by atoms with van der Waals surface area (Å²) in [6.45, 7) is 2.69. The van der Waals surface area contributed by atoms with Crippen molar-refractivity contribution in [1.29, 1.82) is 0 Å². The van der Waals surface area contributed by atoms with E-state index < -0.39 is 0 Å². The standard InChI is InChI=1S/C11H13ClN2/c1-7-4-9-5-8(2-3-13)6-10(12)11(9)14-7/h5-6H,2-4,13H2,1H3. The number of hydrogen-bond acceptors (Lipinski definition) is 2. The largest absolute Gasteiger partial charge is 0.330 e. The maximum absolute atomic E-state index is 6.13. The minimum Gasteiger partial charge on any atom is -0.330 e. The predicted molar refractivity (Wildman–Crippen MR) is 60.7 cm³/mol. The van der Waals surface area contributed by atoms with E-state index in [1.165, 1.54) is 11.1 Å². The van der Waals surface area contributed by atoms with Crippen LogP contribution in [0.4, 0.5) is 5.69 Å². The van der Waals surface area contributed by atoms with Gasteiger partial charge in [-0.05, 0) is 37.1 Å². The highest BCUT2D eigenvalue weighted by atomic mass is 35.5. The number of nitrogens with two attached hydrogens (primary N) is 1. The molecule has 0 spiro atoms. The fourth-order valence-corrected chi connectivity index (χ4v) is 2.10. The van der Waals surface area contributed by atoms with Crippen LogP contribution < -0.4 is 5.73 Å². The van der Waals surface area contributed by atoms with Gasteiger partial charge in [-0.15, -0.1) is 0 Å². The monoisotopic (exact) mass is 208 g/mol. The maximum atomic E-state index is 6.13. The zero-order chi connectivity index (χ0) is 10.1. The van der Waals surface area contributed by atoms with Crippen LogP contribution >= 0.6 is 11.6 Å². The highest BCUT2D eigenvalue weighted by molar-refractivity contribution is 6.33. The molecule has 74 valence electrons. The first-order chi connectivity index (χ1) is 6.70. The number of aliphatic imine (C=N–C) groups is 1. The van der Waals surface area contributed by atoms with Crippen molar-refractivity contribution in [1.82, 2.24) is 0 Å². The molecule has 1 aliphatic heterocycles. The fraction of sp³-hybridized carbons (Fsp3) is 0.364. The molecule has 2 N–H and O–H groups in total. The van der Waals surface area contributed by atoms with E-state index in [1.54, 1.807) is 0 Å². The summed E-state index contributed by atoms with van der Waals surface area (Å²) in [5.41, 5.74) is 10.0. The number of hydrogen-bond donors (Lipinski definition) is 1. The summed E-state index contributed by atoms with van der Waals surface area (Å²) in [5, 5.41) is 0.753. The number of halogens is 1. The van der Waals surface area contributed by atoms with Gasteiger partial charge in [0.25, 0.3) is 0 Å². The first-order valence-corrected chi connectivity index (χ1v) is 5.14. The highest BCUT2D eigenvalue weighted by Gasteiger charge is 2.15. The van der Waals surface area contributed by atoms with Gasteiger partial charge in [-0.25, -0.2) is 0 Å². The Morgan fingerprint density at radius 1 is 1.50 bits per heavy atom. The van der Waals surface area contributed by atoms with Crippen LogP contribution in [0.15, 0.2) is 17.1 Å². The smallest absolute Gasteiger partial charge is 0.0851 e. The molecule has 1 aliphatic rings. The van der Waals surface area contributed by atoms with Gasteiger partial charge in [0.15, 0.2) is 0 Å². The van der Waals surface area contributed by atoms with Crippen LogP contribution in [0, 0.1) is 0 Å². The van der Waals surface area contributed by atoms with Gasteiger partial charge in [-0.2, -0.15) is 0 Å². The van der Waals surface area contributed by atoms with Crippen molar-refractivity contribution in [3.8, 4) is 0 Å². The van der Waals surface area contributed by atoms with Crippen molar-refractivity contribution in [2.75, 3.05) is 6.54 Å². The lowest BCUT2D eigenvalue weighted by molar-refractivity contribution is 0.966. The van der Waals surface area contributed by atoms with Crippen molar-refractivity contribution >= 4 is 23.0 Å². The number of fused-ring (bicyclic) bond motifs is 1. The van der Waals surface area contributed by atoms with Gasteiger partial charge in [0.1, 0.15) is 0 Å². The Balaban J connectivity index is 2.41. The highest BCUT2D eigenvalue weighted by Crippen LogP contribution is 2.35. The predicted octanol–water partition coefficient (Wildman–Crippen LogP) is 2.49. The van der Waals surface area contributed by atoms with Crippen LogP contribution in [0.2, 0.25) is 5.02 Å². The number of rotatable bonds is 2. The first kappa shape index (κ1) is 9.69. The van der Waals surface area contributed by atoms with Gasteiger partial charge in [0.2, 0.25) is 0 Å². The number of nitrogens with zero attached hydrogens (tertiary/aromatic N) is 1. The van der Waals surface area contributed by atoms with E-state index in [2.05, 4.69) is 11.1 Å². The first-order valence-electron chi connectivity index (χ1n) is 4.76. The molecule has 0 aromatic heterocycles. The van der Waals surface area contributed by atoms with E-state index in [9.17, 15) is 0 Å². The van der Waals surface area contributed by atoms with Gasteiger partial charge in [-0.3, -0.25) is 4.99 Å². The van der Waals surface area contributed by atoms with Gasteiger partial charge in [0, 0.05) is 12.1 Å². The molecule has 2 rings (SSSR count). The molecule has 0 bridgehead atoms. The summed E-state index contributed by atoms with van der Waals surface area (Å²) < 4.78 is 0. The molecule has 0 fully saturated rings. The van der Waals surface area contributed by atoms with Crippen LogP contribution in [-0.4, -0.2) is 12.3 Å². The molecule has 0 amide bonds. The minimum atomic E-state index is 0.662. The average Bonchev–Trinajstić information content (AvgIpc) is 2.47. The van der Waals surface area contributed by atoms with E-state index in [1.807, 2.05) is 13.0 Å². The molecule has 0 saturated carbocycles. The molecule has 0 atom stereocenters.